The van der Waals surface area contributed by atoms with Crippen molar-refractivity contribution in [1.82, 2.24) is 19.8 Å². The lowest BCUT2D eigenvalue weighted by atomic mass is 9.92. The van der Waals surface area contributed by atoms with Crippen molar-refractivity contribution in [2.75, 3.05) is 26.7 Å². The van der Waals surface area contributed by atoms with Crippen LogP contribution in [-0.2, 0) is 4.79 Å². The van der Waals surface area contributed by atoms with Crippen molar-refractivity contribution in [1.29, 1.82) is 0 Å². The molecule has 0 unspecified atom stereocenters. The van der Waals surface area contributed by atoms with Gasteiger partial charge in [-0.3, -0.25) is 9.69 Å². The summed E-state index contributed by atoms with van der Waals surface area (Å²) in [6, 6.07) is 8.79. The van der Waals surface area contributed by atoms with Gasteiger partial charge in [-0.05, 0) is 51.6 Å². The molecule has 2 aromatic heterocycles. The van der Waals surface area contributed by atoms with Crippen molar-refractivity contribution in [3.63, 3.8) is 0 Å². The second-order valence-electron chi connectivity index (χ2n) is 8.51. The van der Waals surface area contributed by atoms with Crippen LogP contribution in [0.3, 0.4) is 0 Å². The Kier molecular flexibility index (Phi) is 5.56. The average molecular weight is 425 g/mol. The zero-order valence-corrected chi connectivity index (χ0v) is 18.2. The van der Waals surface area contributed by atoms with Crippen LogP contribution in [0.15, 0.2) is 30.6 Å². The Morgan fingerprint density at radius 2 is 1.93 bits per heavy atom. The first kappa shape index (κ1) is 19.7. The number of thiophene rings is 1. The maximum atomic E-state index is 12.5. The second kappa shape index (κ2) is 8.47. The van der Waals surface area contributed by atoms with Crippen molar-refractivity contribution < 1.29 is 9.53 Å². The van der Waals surface area contributed by atoms with E-state index in [4.69, 9.17) is 4.74 Å². The van der Waals surface area contributed by atoms with E-state index in [-0.39, 0.29) is 12.0 Å². The molecule has 0 spiro atoms. The Morgan fingerprint density at radius 1 is 1.17 bits per heavy atom. The first-order valence-electron chi connectivity index (χ1n) is 11.0. The Hall–Kier alpha value is -2.25. The molecule has 0 atom stereocenters. The third-order valence-corrected chi connectivity index (χ3v) is 7.61. The van der Waals surface area contributed by atoms with E-state index in [1.165, 1.54) is 10.1 Å². The fourth-order valence-corrected chi connectivity index (χ4v) is 5.82. The number of likely N-dealkylation sites (tertiary alicyclic amines) is 1. The number of nitrogens with zero attached hydrogens (tertiary/aromatic N) is 4. The molecule has 1 saturated heterocycles. The van der Waals surface area contributed by atoms with Gasteiger partial charge in [0.15, 0.2) is 0 Å². The Bertz CT molecular complexity index is 1040. The zero-order valence-electron chi connectivity index (χ0n) is 17.4. The average Bonchev–Trinajstić information content (AvgIpc) is 3.43. The predicted octanol–water partition coefficient (Wildman–Crippen LogP) is 4.09. The monoisotopic (exact) mass is 424 g/mol. The van der Waals surface area contributed by atoms with E-state index in [1.54, 1.807) is 17.7 Å². The van der Waals surface area contributed by atoms with Gasteiger partial charge in [0.1, 0.15) is 17.3 Å². The van der Waals surface area contributed by atoms with Gasteiger partial charge in [-0.1, -0.05) is 18.2 Å². The molecule has 2 aliphatic rings. The van der Waals surface area contributed by atoms with Crippen LogP contribution in [0.5, 0.6) is 5.88 Å². The third kappa shape index (κ3) is 3.88. The summed E-state index contributed by atoms with van der Waals surface area (Å²) in [7, 11) is 2.09. The highest BCUT2D eigenvalue weighted by Gasteiger charge is 2.28. The molecule has 0 radical (unpaired) electrons. The van der Waals surface area contributed by atoms with E-state index < -0.39 is 0 Å². The van der Waals surface area contributed by atoms with E-state index in [2.05, 4.69) is 46.2 Å². The van der Waals surface area contributed by atoms with Gasteiger partial charge in [0.05, 0.1) is 11.9 Å². The summed E-state index contributed by atoms with van der Waals surface area (Å²) >= 11 is 1.68. The Labute approximate surface area is 180 Å². The summed E-state index contributed by atoms with van der Waals surface area (Å²) in [5.41, 5.74) is 0. The van der Waals surface area contributed by atoms with Gasteiger partial charge in [-0.15, -0.1) is 11.3 Å². The number of hydrogen-bond donors (Lipinski definition) is 0. The van der Waals surface area contributed by atoms with E-state index in [0.717, 1.165) is 61.8 Å². The molecule has 1 aromatic carbocycles. The first-order chi connectivity index (χ1) is 14.7. The highest BCUT2D eigenvalue weighted by molar-refractivity contribution is 7.25. The minimum atomic E-state index is 0.167. The topological polar surface area (TPSA) is 58.6 Å². The van der Waals surface area contributed by atoms with E-state index in [0.29, 0.717) is 18.5 Å². The number of fused-ring (bicyclic) bond motifs is 3. The predicted molar refractivity (Wildman–Crippen MR) is 120 cm³/mol. The summed E-state index contributed by atoms with van der Waals surface area (Å²) in [5, 5.41) is 2.20. The van der Waals surface area contributed by atoms with Crippen molar-refractivity contribution in [2.24, 2.45) is 0 Å². The fourth-order valence-electron chi connectivity index (χ4n) is 4.79. The van der Waals surface area contributed by atoms with Gasteiger partial charge in [-0.25, -0.2) is 9.97 Å². The molecule has 1 amide bonds. The van der Waals surface area contributed by atoms with E-state index >= 15 is 0 Å². The summed E-state index contributed by atoms with van der Waals surface area (Å²) in [6.07, 6.45) is 8.14. The molecule has 0 bridgehead atoms. The maximum absolute atomic E-state index is 12.5. The number of benzene rings is 1. The highest BCUT2D eigenvalue weighted by atomic mass is 32.1. The van der Waals surface area contributed by atoms with E-state index in [9.17, 15) is 4.79 Å². The lowest BCUT2D eigenvalue weighted by molar-refractivity contribution is -0.131. The standard InChI is InChI=1S/C23H28N4O2S/c1-26(14-20(28)27-12-4-5-13-27)16-8-10-17(11-9-16)29-22-21-18-6-2-3-7-19(18)30-23(21)25-15-24-22/h2-3,6-7,15-17H,4-5,8-14H2,1H3. The molecule has 3 aromatic rings. The van der Waals surface area contributed by atoms with Crippen molar-refractivity contribution in [3.8, 4) is 5.88 Å². The van der Waals surface area contributed by atoms with Crippen LogP contribution in [0.2, 0.25) is 0 Å². The number of carbonyl (C=O) groups excluding carboxylic acids is 1. The SMILES string of the molecule is CN(CC(=O)N1CCCC1)C1CCC(Oc2ncnc3sc4ccccc4c23)CC1. The van der Waals surface area contributed by atoms with Crippen LogP contribution in [0.4, 0.5) is 0 Å². The van der Waals surface area contributed by atoms with Crippen LogP contribution >= 0.6 is 11.3 Å². The number of hydrogen-bond acceptors (Lipinski definition) is 6. The van der Waals surface area contributed by atoms with Gasteiger partial charge in [0.25, 0.3) is 0 Å². The minimum absolute atomic E-state index is 0.167. The highest BCUT2D eigenvalue weighted by Crippen LogP contribution is 2.38. The van der Waals surface area contributed by atoms with Crippen LogP contribution in [0.25, 0.3) is 20.3 Å². The molecule has 1 aliphatic carbocycles. The summed E-state index contributed by atoms with van der Waals surface area (Å²) in [4.78, 5) is 26.6. The second-order valence-corrected chi connectivity index (χ2v) is 9.54. The smallest absolute Gasteiger partial charge is 0.236 e. The molecule has 0 N–H and O–H groups in total. The van der Waals surface area contributed by atoms with Crippen LogP contribution in [0.1, 0.15) is 38.5 Å². The van der Waals surface area contributed by atoms with Crippen LogP contribution in [-0.4, -0.2) is 64.5 Å². The van der Waals surface area contributed by atoms with Gasteiger partial charge >= 0.3 is 0 Å². The largest absolute Gasteiger partial charge is 0.474 e. The first-order valence-corrected chi connectivity index (χ1v) is 11.8. The summed E-state index contributed by atoms with van der Waals surface area (Å²) in [5.74, 6) is 0.986. The number of likely N-dealkylation sites (N-methyl/N-ethyl adjacent to an activating group) is 1. The molecule has 3 heterocycles. The summed E-state index contributed by atoms with van der Waals surface area (Å²) in [6.45, 7) is 2.39. The zero-order chi connectivity index (χ0) is 20.5. The fraction of sp³-hybridized carbons (Fsp3) is 0.522. The Balaban J connectivity index is 1.22. The van der Waals surface area contributed by atoms with Crippen molar-refractivity contribution in [3.05, 3.63) is 30.6 Å². The van der Waals surface area contributed by atoms with Crippen molar-refractivity contribution in [2.45, 2.75) is 50.7 Å². The quantitative estimate of drug-likeness (QED) is 0.617. The third-order valence-electron chi connectivity index (χ3n) is 6.53. The van der Waals surface area contributed by atoms with Gasteiger partial charge in [0, 0.05) is 29.2 Å². The lowest BCUT2D eigenvalue weighted by Gasteiger charge is -2.34. The Morgan fingerprint density at radius 3 is 2.73 bits per heavy atom. The molecule has 158 valence electrons. The normalized spacial score (nSPS) is 22.3. The number of rotatable bonds is 5. The number of ether oxygens (including phenoxy) is 1. The van der Waals surface area contributed by atoms with E-state index in [1.807, 2.05) is 4.90 Å². The molecule has 1 aliphatic heterocycles. The molecule has 30 heavy (non-hydrogen) atoms. The molecule has 2 fully saturated rings. The molecular formula is C23H28N4O2S. The molecular weight excluding hydrogens is 396 g/mol. The van der Waals surface area contributed by atoms with Crippen LogP contribution < -0.4 is 4.74 Å². The van der Waals surface area contributed by atoms with Gasteiger partial charge < -0.3 is 9.64 Å². The molecule has 7 heteroatoms. The molecule has 6 nitrogen and oxygen atoms in total. The number of amides is 1. The number of aromatic nitrogens is 2. The van der Waals surface area contributed by atoms with Gasteiger partial charge in [-0.2, -0.15) is 0 Å². The minimum Gasteiger partial charge on any atom is -0.474 e. The van der Waals surface area contributed by atoms with Crippen molar-refractivity contribution >= 4 is 37.5 Å². The molecule has 1 saturated carbocycles. The lowest BCUT2D eigenvalue weighted by Crippen LogP contribution is -2.44. The number of carbonyl (C=O) groups is 1. The van der Waals surface area contributed by atoms with Crippen LogP contribution in [0, 0.1) is 0 Å². The molecule has 5 rings (SSSR count). The maximum Gasteiger partial charge on any atom is 0.236 e. The summed E-state index contributed by atoms with van der Waals surface area (Å²) < 4.78 is 7.60. The van der Waals surface area contributed by atoms with Gasteiger partial charge in [0.2, 0.25) is 11.8 Å².